The van der Waals surface area contributed by atoms with E-state index in [-0.39, 0.29) is 0 Å². The van der Waals surface area contributed by atoms with Crippen molar-refractivity contribution in [2.75, 3.05) is 14.2 Å². The SMILES string of the molecule is C1CCCCC1.CC.CN=C(N)c1cccc(Cl)c1CCc1cc(Br)ccc1OC. The molecule has 2 aromatic rings. The molecule has 0 heterocycles. The van der Waals surface area contributed by atoms with Crippen LogP contribution in [0.4, 0.5) is 0 Å². The lowest BCUT2D eigenvalue weighted by Gasteiger charge is -2.13. The standard InChI is InChI=1S/C17H18BrClN2O.C6H12.C2H6/c1-21-17(20)14-4-3-5-15(19)13(14)8-6-11-10-12(18)7-9-16(11)22-2;1-2-4-6-5-3-1;1-2/h3-5,7,9-10H,6,8H2,1-2H3,(H2,20,21);1-6H2;1-2H3. The van der Waals surface area contributed by atoms with E-state index in [1.807, 2.05) is 44.2 Å². The number of benzene rings is 2. The van der Waals surface area contributed by atoms with E-state index >= 15 is 0 Å². The topological polar surface area (TPSA) is 47.6 Å². The van der Waals surface area contributed by atoms with E-state index in [0.717, 1.165) is 39.8 Å². The van der Waals surface area contributed by atoms with Crippen LogP contribution in [0.2, 0.25) is 5.02 Å². The third kappa shape index (κ3) is 8.69. The first-order chi connectivity index (χ1) is 14.6. The zero-order valence-electron chi connectivity index (χ0n) is 18.8. The Morgan fingerprint density at radius 3 is 2.17 bits per heavy atom. The molecule has 5 heteroatoms. The molecule has 3 rings (SSSR count). The van der Waals surface area contributed by atoms with Gasteiger partial charge in [0.05, 0.1) is 7.11 Å². The Bertz CT molecular complexity index is 777. The quantitative estimate of drug-likeness (QED) is 0.343. The van der Waals surface area contributed by atoms with E-state index in [2.05, 4.69) is 27.0 Å². The molecule has 2 aromatic carbocycles. The largest absolute Gasteiger partial charge is 0.496 e. The molecule has 0 amide bonds. The predicted molar refractivity (Wildman–Crippen MR) is 135 cm³/mol. The van der Waals surface area contributed by atoms with Crippen LogP contribution in [-0.2, 0) is 12.8 Å². The molecular weight excluding hydrogens is 460 g/mol. The van der Waals surface area contributed by atoms with Crippen molar-refractivity contribution in [2.45, 2.75) is 65.2 Å². The highest BCUT2D eigenvalue weighted by atomic mass is 79.9. The summed E-state index contributed by atoms with van der Waals surface area (Å²) in [6, 6.07) is 11.7. The number of hydrogen-bond acceptors (Lipinski definition) is 2. The summed E-state index contributed by atoms with van der Waals surface area (Å²) in [7, 11) is 3.35. The van der Waals surface area contributed by atoms with Crippen LogP contribution in [-0.4, -0.2) is 20.0 Å². The Kier molecular flexibility index (Phi) is 13.5. The van der Waals surface area contributed by atoms with Crippen molar-refractivity contribution in [3.05, 3.63) is 62.6 Å². The molecule has 0 saturated heterocycles. The Morgan fingerprint density at radius 2 is 1.63 bits per heavy atom. The minimum Gasteiger partial charge on any atom is -0.496 e. The molecule has 0 aliphatic heterocycles. The molecule has 1 aliphatic rings. The lowest BCUT2D eigenvalue weighted by atomic mass is 9.98. The predicted octanol–water partition coefficient (Wildman–Crippen LogP) is 7.60. The molecule has 1 saturated carbocycles. The first kappa shape index (κ1) is 26.5. The molecule has 166 valence electrons. The Morgan fingerprint density at radius 1 is 1.03 bits per heavy atom. The average Bonchev–Trinajstić information content (AvgIpc) is 2.80. The van der Waals surface area contributed by atoms with Crippen LogP contribution in [0, 0.1) is 0 Å². The van der Waals surface area contributed by atoms with E-state index < -0.39 is 0 Å². The van der Waals surface area contributed by atoms with E-state index in [0.29, 0.717) is 10.9 Å². The lowest BCUT2D eigenvalue weighted by Crippen LogP contribution is -2.16. The van der Waals surface area contributed by atoms with E-state index in [1.165, 1.54) is 38.5 Å². The lowest BCUT2D eigenvalue weighted by molar-refractivity contribution is 0.409. The summed E-state index contributed by atoms with van der Waals surface area (Å²) in [5.41, 5.74) is 8.99. The molecule has 0 spiro atoms. The summed E-state index contributed by atoms with van der Waals surface area (Å²) < 4.78 is 6.44. The van der Waals surface area contributed by atoms with Gasteiger partial charge in [-0.3, -0.25) is 4.99 Å². The molecule has 0 unspecified atom stereocenters. The number of nitrogens with zero attached hydrogens (tertiary/aromatic N) is 1. The van der Waals surface area contributed by atoms with E-state index in [4.69, 9.17) is 22.1 Å². The Balaban J connectivity index is 0.000000474. The number of nitrogens with two attached hydrogens (primary N) is 1. The van der Waals surface area contributed by atoms with Gasteiger partial charge in [0.1, 0.15) is 11.6 Å². The maximum absolute atomic E-state index is 6.35. The highest BCUT2D eigenvalue weighted by Crippen LogP contribution is 2.27. The van der Waals surface area contributed by atoms with Gasteiger partial charge in [-0.15, -0.1) is 0 Å². The van der Waals surface area contributed by atoms with Crippen molar-refractivity contribution in [1.82, 2.24) is 0 Å². The fraction of sp³-hybridized carbons (Fsp3) is 0.480. The summed E-state index contributed by atoms with van der Waals surface area (Å²) >= 11 is 9.84. The van der Waals surface area contributed by atoms with Gasteiger partial charge in [-0.1, -0.05) is 92.0 Å². The van der Waals surface area contributed by atoms with Gasteiger partial charge in [-0.25, -0.2) is 0 Å². The zero-order chi connectivity index (χ0) is 22.4. The molecule has 1 fully saturated rings. The van der Waals surface area contributed by atoms with Gasteiger partial charge in [-0.2, -0.15) is 0 Å². The van der Waals surface area contributed by atoms with Crippen LogP contribution in [0.25, 0.3) is 0 Å². The number of amidine groups is 1. The number of methoxy groups -OCH3 is 1. The smallest absolute Gasteiger partial charge is 0.125 e. The van der Waals surface area contributed by atoms with Crippen LogP contribution in [0.1, 0.15) is 69.1 Å². The first-order valence-electron chi connectivity index (χ1n) is 10.9. The third-order valence-electron chi connectivity index (χ3n) is 5.02. The second kappa shape index (κ2) is 15.3. The molecule has 0 bridgehead atoms. The van der Waals surface area contributed by atoms with Gasteiger partial charge in [0.15, 0.2) is 0 Å². The van der Waals surface area contributed by atoms with Crippen LogP contribution < -0.4 is 10.5 Å². The molecule has 3 nitrogen and oxygen atoms in total. The summed E-state index contributed by atoms with van der Waals surface area (Å²) in [6.07, 6.45) is 10.6. The second-order valence-corrected chi connectivity index (χ2v) is 8.28. The summed E-state index contributed by atoms with van der Waals surface area (Å²) in [4.78, 5) is 4.07. The second-order valence-electron chi connectivity index (χ2n) is 6.95. The zero-order valence-corrected chi connectivity index (χ0v) is 21.2. The summed E-state index contributed by atoms with van der Waals surface area (Å²) in [6.45, 7) is 4.00. The molecule has 30 heavy (non-hydrogen) atoms. The molecule has 2 N–H and O–H groups in total. The Labute approximate surface area is 196 Å². The molecular formula is C25H36BrClN2O. The van der Waals surface area contributed by atoms with Crippen molar-refractivity contribution < 1.29 is 4.74 Å². The van der Waals surface area contributed by atoms with E-state index in [9.17, 15) is 0 Å². The first-order valence-corrected chi connectivity index (χ1v) is 12.1. The molecule has 0 aromatic heterocycles. The number of hydrogen-bond donors (Lipinski definition) is 1. The summed E-state index contributed by atoms with van der Waals surface area (Å²) in [5.74, 6) is 1.37. The van der Waals surface area contributed by atoms with Crippen molar-refractivity contribution >= 4 is 33.4 Å². The van der Waals surface area contributed by atoms with Gasteiger partial charge < -0.3 is 10.5 Å². The Hall–Kier alpha value is -1.52. The average molecular weight is 496 g/mol. The van der Waals surface area contributed by atoms with Crippen LogP contribution in [0.15, 0.2) is 45.9 Å². The minimum absolute atomic E-state index is 0.499. The highest BCUT2D eigenvalue weighted by Gasteiger charge is 2.12. The van der Waals surface area contributed by atoms with Gasteiger partial charge in [0.25, 0.3) is 0 Å². The van der Waals surface area contributed by atoms with Gasteiger partial charge >= 0.3 is 0 Å². The molecule has 0 atom stereocenters. The van der Waals surface area contributed by atoms with E-state index in [1.54, 1.807) is 14.2 Å². The highest BCUT2D eigenvalue weighted by molar-refractivity contribution is 9.10. The number of aryl methyl sites for hydroxylation is 1. The maximum Gasteiger partial charge on any atom is 0.125 e. The third-order valence-corrected chi connectivity index (χ3v) is 5.87. The number of ether oxygens (including phenoxy) is 1. The number of rotatable bonds is 5. The van der Waals surface area contributed by atoms with Crippen LogP contribution in [0.5, 0.6) is 5.75 Å². The van der Waals surface area contributed by atoms with Crippen LogP contribution >= 0.6 is 27.5 Å². The van der Waals surface area contributed by atoms with Crippen molar-refractivity contribution in [3.8, 4) is 5.75 Å². The number of halogens is 2. The summed E-state index contributed by atoms with van der Waals surface area (Å²) in [5, 5.41) is 0.707. The number of aliphatic imine (C=N–C) groups is 1. The van der Waals surface area contributed by atoms with Gasteiger partial charge in [0.2, 0.25) is 0 Å². The van der Waals surface area contributed by atoms with Gasteiger partial charge in [-0.05, 0) is 48.2 Å². The fourth-order valence-electron chi connectivity index (χ4n) is 3.44. The minimum atomic E-state index is 0.499. The molecule has 0 radical (unpaired) electrons. The molecule has 1 aliphatic carbocycles. The monoisotopic (exact) mass is 494 g/mol. The maximum atomic E-state index is 6.35. The van der Waals surface area contributed by atoms with Crippen molar-refractivity contribution in [3.63, 3.8) is 0 Å². The normalized spacial score (nSPS) is 13.5. The fourth-order valence-corrected chi connectivity index (χ4v) is 4.11. The van der Waals surface area contributed by atoms with Crippen molar-refractivity contribution in [2.24, 2.45) is 10.7 Å². The van der Waals surface area contributed by atoms with Crippen molar-refractivity contribution in [1.29, 1.82) is 0 Å². The van der Waals surface area contributed by atoms with Crippen LogP contribution in [0.3, 0.4) is 0 Å². The van der Waals surface area contributed by atoms with Gasteiger partial charge in [0, 0.05) is 22.1 Å².